The Bertz CT molecular complexity index is 607. The minimum absolute atomic E-state index is 0.0555. The van der Waals surface area contributed by atoms with Crippen molar-refractivity contribution < 1.29 is 9.84 Å². The number of nitrogens with one attached hydrogen (secondary N) is 2. The summed E-state index contributed by atoms with van der Waals surface area (Å²) in [6.45, 7) is 3.50. The highest BCUT2D eigenvalue weighted by molar-refractivity contribution is 5.80. The summed E-state index contributed by atoms with van der Waals surface area (Å²) < 4.78 is 5.44. The van der Waals surface area contributed by atoms with Crippen molar-refractivity contribution in [2.24, 2.45) is 0 Å². The highest BCUT2D eigenvalue weighted by atomic mass is 16.5. The Morgan fingerprint density at radius 1 is 1.37 bits per heavy atom. The quantitative estimate of drug-likeness (QED) is 0.679. The summed E-state index contributed by atoms with van der Waals surface area (Å²) in [6.07, 6.45) is 0. The molecule has 0 unspecified atom stereocenters. The Hall–Kier alpha value is -1.85. The van der Waals surface area contributed by atoms with Gasteiger partial charge in [-0.1, -0.05) is 0 Å². The van der Waals surface area contributed by atoms with Gasteiger partial charge >= 0.3 is 0 Å². The number of aliphatic hydroxyl groups excluding tert-OH is 1. The number of hydrogen-bond donors (Lipinski definition) is 3. The second-order valence-electron chi connectivity index (χ2n) is 4.21. The van der Waals surface area contributed by atoms with E-state index in [1.54, 1.807) is 0 Å². The third kappa shape index (κ3) is 3.33. The standard InChI is InChI=1S/C14H18N2O3/c1-2-19-12-3-4-13-10(8-12)7-11(14(18)16-13)9-15-5-6-17/h3-4,7-8,15,17H,2,5-6,9H2,1H3,(H,16,18). The highest BCUT2D eigenvalue weighted by Crippen LogP contribution is 2.19. The van der Waals surface area contributed by atoms with Crippen LogP contribution in [0.3, 0.4) is 0 Å². The molecular weight excluding hydrogens is 244 g/mol. The second-order valence-corrected chi connectivity index (χ2v) is 4.21. The number of aliphatic hydroxyl groups is 1. The zero-order valence-corrected chi connectivity index (χ0v) is 10.9. The molecule has 5 heteroatoms. The van der Waals surface area contributed by atoms with Crippen molar-refractivity contribution in [2.75, 3.05) is 19.8 Å². The third-order valence-electron chi connectivity index (χ3n) is 2.81. The third-order valence-corrected chi connectivity index (χ3v) is 2.81. The first kappa shape index (κ1) is 13.6. The van der Waals surface area contributed by atoms with E-state index >= 15 is 0 Å². The Morgan fingerprint density at radius 3 is 2.95 bits per heavy atom. The molecule has 2 aromatic rings. The van der Waals surface area contributed by atoms with Crippen LogP contribution in [-0.4, -0.2) is 29.8 Å². The van der Waals surface area contributed by atoms with Crippen LogP contribution in [-0.2, 0) is 6.54 Å². The fourth-order valence-corrected chi connectivity index (χ4v) is 1.92. The lowest BCUT2D eigenvalue weighted by atomic mass is 10.1. The first-order valence-electron chi connectivity index (χ1n) is 6.35. The molecule has 0 saturated carbocycles. The van der Waals surface area contributed by atoms with Crippen LogP contribution in [0.5, 0.6) is 5.75 Å². The maximum absolute atomic E-state index is 11.8. The summed E-state index contributed by atoms with van der Waals surface area (Å²) in [4.78, 5) is 14.7. The van der Waals surface area contributed by atoms with E-state index in [0.29, 0.717) is 25.3 Å². The van der Waals surface area contributed by atoms with E-state index in [0.717, 1.165) is 16.7 Å². The molecule has 0 fully saturated rings. The molecule has 0 atom stereocenters. The summed E-state index contributed by atoms with van der Waals surface area (Å²) in [5, 5.41) is 12.6. The fraction of sp³-hybridized carbons (Fsp3) is 0.357. The van der Waals surface area contributed by atoms with E-state index < -0.39 is 0 Å². The summed E-state index contributed by atoms with van der Waals surface area (Å²) >= 11 is 0. The molecule has 1 aromatic carbocycles. The first-order chi connectivity index (χ1) is 9.24. The molecule has 102 valence electrons. The molecule has 0 spiro atoms. The van der Waals surface area contributed by atoms with Crippen molar-refractivity contribution in [2.45, 2.75) is 13.5 Å². The zero-order chi connectivity index (χ0) is 13.7. The number of aromatic nitrogens is 1. The average Bonchev–Trinajstić information content (AvgIpc) is 2.40. The van der Waals surface area contributed by atoms with E-state index in [4.69, 9.17) is 9.84 Å². The van der Waals surface area contributed by atoms with Gasteiger partial charge in [-0.05, 0) is 31.2 Å². The smallest absolute Gasteiger partial charge is 0.252 e. The van der Waals surface area contributed by atoms with Gasteiger partial charge < -0.3 is 20.1 Å². The summed E-state index contributed by atoms with van der Waals surface area (Å²) in [7, 11) is 0. The van der Waals surface area contributed by atoms with Gasteiger partial charge in [-0.3, -0.25) is 4.79 Å². The first-order valence-corrected chi connectivity index (χ1v) is 6.35. The van der Waals surface area contributed by atoms with Crippen molar-refractivity contribution >= 4 is 10.9 Å². The number of pyridine rings is 1. The van der Waals surface area contributed by atoms with Gasteiger partial charge in [0.1, 0.15) is 5.75 Å². The predicted octanol–water partition coefficient (Wildman–Crippen LogP) is 1.01. The average molecular weight is 262 g/mol. The van der Waals surface area contributed by atoms with Gasteiger partial charge in [-0.2, -0.15) is 0 Å². The fourth-order valence-electron chi connectivity index (χ4n) is 1.92. The Labute approximate surface area is 111 Å². The summed E-state index contributed by atoms with van der Waals surface area (Å²) in [5.74, 6) is 0.788. The molecule has 3 N–H and O–H groups in total. The van der Waals surface area contributed by atoms with Crippen LogP contribution in [0.4, 0.5) is 0 Å². The van der Waals surface area contributed by atoms with E-state index in [9.17, 15) is 4.79 Å². The maximum atomic E-state index is 11.8. The van der Waals surface area contributed by atoms with Crippen LogP contribution < -0.4 is 15.6 Å². The minimum atomic E-state index is -0.109. The maximum Gasteiger partial charge on any atom is 0.252 e. The molecule has 0 radical (unpaired) electrons. The number of ether oxygens (including phenoxy) is 1. The van der Waals surface area contributed by atoms with E-state index in [2.05, 4.69) is 10.3 Å². The molecule has 0 saturated heterocycles. The molecule has 0 amide bonds. The SMILES string of the molecule is CCOc1ccc2[nH]c(=O)c(CNCCO)cc2c1. The number of hydrogen-bond acceptors (Lipinski definition) is 4. The minimum Gasteiger partial charge on any atom is -0.494 e. The largest absolute Gasteiger partial charge is 0.494 e. The van der Waals surface area contributed by atoms with Crippen LogP contribution in [0.25, 0.3) is 10.9 Å². The van der Waals surface area contributed by atoms with Crippen molar-refractivity contribution in [1.82, 2.24) is 10.3 Å². The van der Waals surface area contributed by atoms with E-state index in [1.165, 1.54) is 0 Å². The lowest BCUT2D eigenvalue weighted by Gasteiger charge is -2.07. The molecule has 1 aromatic heterocycles. The van der Waals surface area contributed by atoms with E-state index in [1.807, 2.05) is 31.2 Å². The van der Waals surface area contributed by atoms with Crippen LogP contribution >= 0.6 is 0 Å². The van der Waals surface area contributed by atoms with Gasteiger partial charge in [-0.25, -0.2) is 0 Å². The Morgan fingerprint density at radius 2 is 2.21 bits per heavy atom. The summed E-state index contributed by atoms with van der Waals surface area (Å²) in [5.41, 5.74) is 1.33. The second kappa shape index (κ2) is 6.36. The van der Waals surface area contributed by atoms with Crippen molar-refractivity contribution in [1.29, 1.82) is 0 Å². The molecule has 5 nitrogen and oxygen atoms in total. The van der Waals surface area contributed by atoms with Crippen LogP contribution in [0.15, 0.2) is 29.1 Å². The lowest BCUT2D eigenvalue weighted by Crippen LogP contribution is -2.23. The molecule has 0 aliphatic rings. The lowest BCUT2D eigenvalue weighted by molar-refractivity contribution is 0.292. The van der Waals surface area contributed by atoms with Crippen LogP contribution in [0.2, 0.25) is 0 Å². The number of benzene rings is 1. The number of fused-ring (bicyclic) bond motifs is 1. The van der Waals surface area contributed by atoms with Crippen LogP contribution in [0, 0.1) is 0 Å². The number of rotatable bonds is 6. The molecule has 2 rings (SSSR count). The molecule has 19 heavy (non-hydrogen) atoms. The molecular formula is C14H18N2O3. The van der Waals surface area contributed by atoms with Gasteiger partial charge in [0, 0.05) is 29.6 Å². The van der Waals surface area contributed by atoms with Crippen molar-refractivity contribution in [3.63, 3.8) is 0 Å². The van der Waals surface area contributed by atoms with Gasteiger partial charge in [0.2, 0.25) is 0 Å². The van der Waals surface area contributed by atoms with Gasteiger partial charge in [-0.15, -0.1) is 0 Å². The molecule has 0 aliphatic heterocycles. The van der Waals surface area contributed by atoms with Crippen molar-refractivity contribution in [3.8, 4) is 5.75 Å². The number of H-pyrrole nitrogens is 1. The molecule has 1 heterocycles. The topological polar surface area (TPSA) is 74.4 Å². The van der Waals surface area contributed by atoms with Gasteiger partial charge in [0.05, 0.1) is 13.2 Å². The van der Waals surface area contributed by atoms with Gasteiger partial charge in [0.25, 0.3) is 5.56 Å². The monoisotopic (exact) mass is 262 g/mol. The molecule has 0 bridgehead atoms. The van der Waals surface area contributed by atoms with Gasteiger partial charge in [0.15, 0.2) is 0 Å². The Kier molecular flexibility index (Phi) is 4.54. The Balaban J connectivity index is 2.32. The normalized spacial score (nSPS) is 10.8. The highest BCUT2D eigenvalue weighted by Gasteiger charge is 2.04. The van der Waals surface area contributed by atoms with E-state index in [-0.39, 0.29) is 12.2 Å². The zero-order valence-electron chi connectivity index (χ0n) is 10.9. The predicted molar refractivity (Wildman–Crippen MR) is 74.5 cm³/mol. The summed E-state index contributed by atoms with van der Waals surface area (Å²) in [6, 6.07) is 7.43. The van der Waals surface area contributed by atoms with Crippen LogP contribution in [0.1, 0.15) is 12.5 Å². The molecule has 0 aliphatic carbocycles. The van der Waals surface area contributed by atoms with Crippen molar-refractivity contribution in [3.05, 3.63) is 40.2 Å². The number of aromatic amines is 1.